The van der Waals surface area contributed by atoms with Gasteiger partial charge in [0.1, 0.15) is 12.4 Å². The summed E-state index contributed by atoms with van der Waals surface area (Å²) in [6, 6.07) is 11.4. The minimum Gasteiger partial charge on any atom is -0.508 e. The van der Waals surface area contributed by atoms with Crippen LogP contribution in [0.2, 0.25) is 5.02 Å². The second-order valence-corrected chi connectivity index (χ2v) is 3.94. The van der Waals surface area contributed by atoms with Crippen molar-refractivity contribution in [1.82, 2.24) is 0 Å². The second kappa shape index (κ2) is 4.97. The monoisotopic (exact) mass is 250 g/mol. The fourth-order valence-corrected chi connectivity index (χ4v) is 1.62. The third kappa shape index (κ3) is 2.82. The number of hydrogen-bond acceptors (Lipinski definition) is 3. The van der Waals surface area contributed by atoms with Gasteiger partial charge in [-0.2, -0.15) is 0 Å². The van der Waals surface area contributed by atoms with Crippen molar-refractivity contribution >= 4 is 11.6 Å². The van der Waals surface area contributed by atoms with Crippen molar-refractivity contribution < 1.29 is 14.9 Å². The average molecular weight is 251 g/mol. The maximum Gasteiger partial charge on any atom is 0.161 e. The van der Waals surface area contributed by atoms with Gasteiger partial charge in [0, 0.05) is 5.56 Å². The highest BCUT2D eigenvalue weighted by Gasteiger charge is 2.04. The molecule has 88 valence electrons. The summed E-state index contributed by atoms with van der Waals surface area (Å²) in [6.45, 7) is 0.233. The summed E-state index contributed by atoms with van der Waals surface area (Å²) in [7, 11) is 0. The zero-order chi connectivity index (χ0) is 12.3. The van der Waals surface area contributed by atoms with Crippen LogP contribution in [0, 0.1) is 0 Å². The van der Waals surface area contributed by atoms with Gasteiger partial charge in [0.05, 0.1) is 5.02 Å². The fraction of sp³-hybridized carbons (Fsp3) is 0.0769. The Labute approximate surface area is 104 Å². The van der Waals surface area contributed by atoms with E-state index in [0.29, 0.717) is 10.8 Å². The van der Waals surface area contributed by atoms with E-state index in [0.717, 1.165) is 5.56 Å². The predicted octanol–water partition coefficient (Wildman–Crippen LogP) is 3.33. The number of phenols is 2. The molecule has 0 saturated heterocycles. The first-order valence-corrected chi connectivity index (χ1v) is 5.43. The smallest absolute Gasteiger partial charge is 0.161 e. The molecule has 0 heterocycles. The van der Waals surface area contributed by atoms with E-state index in [1.807, 2.05) is 0 Å². The van der Waals surface area contributed by atoms with Gasteiger partial charge in [0.25, 0.3) is 0 Å². The molecule has 0 radical (unpaired) electrons. The van der Waals surface area contributed by atoms with Crippen LogP contribution in [-0.2, 0) is 6.61 Å². The topological polar surface area (TPSA) is 49.7 Å². The van der Waals surface area contributed by atoms with Gasteiger partial charge in [-0.05, 0) is 24.3 Å². The van der Waals surface area contributed by atoms with Gasteiger partial charge >= 0.3 is 0 Å². The predicted molar refractivity (Wildman–Crippen MR) is 65.6 cm³/mol. The van der Waals surface area contributed by atoms with E-state index >= 15 is 0 Å². The lowest BCUT2D eigenvalue weighted by molar-refractivity contribution is 0.289. The van der Waals surface area contributed by atoms with Crippen LogP contribution in [0.25, 0.3) is 0 Å². The molecule has 0 fully saturated rings. The molecule has 0 saturated carbocycles. The highest BCUT2D eigenvalue weighted by atomic mass is 35.5. The van der Waals surface area contributed by atoms with E-state index < -0.39 is 0 Å². The van der Waals surface area contributed by atoms with Crippen LogP contribution in [0.15, 0.2) is 42.5 Å². The van der Waals surface area contributed by atoms with E-state index in [1.54, 1.807) is 30.3 Å². The highest BCUT2D eigenvalue weighted by molar-refractivity contribution is 6.31. The Bertz CT molecular complexity index is 526. The van der Waals surface area contributed by atoms with E-state index in [9.17, 15) is 10.2 Å². The van der Waals surface area contributed by atoms with E-state index in [4.69, 9.17) is 16.3 Å². The Morgan fingerprint density at radius 2 is 1.82 bits per heavy atom. The summed E-state index contributed by atoms with van der Waals surface area (Å²) in [5, 5.41) is 19.1. The van der Waals surface area contributed by atoms with Crippen molar-refractivity contribution in [1.29, 1.82) is 0 Å². The lowest BCUT2D eigenvalue weighted by Gasteiger charge is -2.09. The molecule has 0 unspecified atom stereocenters. The number of para-hydroxylation sites is 2. The number of rotatable bonds is 3. The van der Waals surface area contributed by atoms with Crippen molar-refractivity contribution in [3.05, 3.63) is 53.1 Å². The molecular weight excluding hydrogens is 240 g/mol. The van der Waals surface area contributed by atoms with Crippen molar-refractivity contribution in [3.63, 3.8) is 0 Å². The second-order valence-electron chi connectivity index (χ2n) is 3.53. The van der Waals surface area contributed by atoms with Crippen LogP contribution < -0.4 is 4.74 Å². The van der Waals surface area contributed by atoms with Gasteiger partial charge in [0.15, 0.2) is 11.5 Å². The maximum atomic E-state index is 9.50. The van der Waals surface area contributed by atoms with Crippen LogP contribution in [0.5, 0.6) is 17.2 Å². The molecule has 2 rings (SSSR count). The molecule has 0 bridgehead atoms. The van der Waals surface area contributed by atoms with E-state index in [1.165, 1.54) is 12.1 Å². The Morgan fingerprint density at radius 1 is 1.06 bits per heavy atom. The summed E-state index contributed by atoms with van der Waals surface area (Å²) < 4.78 is 5.43. The molecule has 0 atom stereocenters. The average Bonchev–Trinajstić information content (AvgIpc) is 2.30. The van der Waals surface area contributed by atoms with Crippen molar-refractivity contribution in [3.8, 4) is 17.2 Å². The summed E-state index contributed by atoms with van der Waals surface area (Å²) in [5.74, 6) is 0.598. The van der Waals surface area contributed by atoms with Crippen LogP contribution in [0.3, 0.4) is 0 Å². The number of halogens is 1. The third-order valence-corrected chi connectivity index (χ3v) is 2.64. The Kier molecular flexibility index (Phi) is 3.40. The van der Waals surface area contributed by atoms with Gasteiger partial charge in [0.2, 0.25) is 0 Å². The number of ether oxygens (including phenoxy) is 1. The number of hydrogen-bond donors (Lipinski definition) is 2. The number of phenolic OH excluding ortho intramolecular Hbond substituents is 2. The third-order valence-electron chi connectivity index (χ3n) is 2.29. The van der Waals surface area contributed by atoms with E-state index in [2.05, 4.69) is 0 Å². The first kappa shape index (κ1) is 11.6. The zero-order valence-corrected chi connectivity index (χ0v) is 9.69. The molecule has 0 amide bonds. The Morgan fingerprint density at radius 3 is 2.53 bits per heavy atom. The molecule has 3 nitrogen and oxygen atoms in total. The fourth-order valence-electron chi connectivity index (χ4n) is 1.39. The van der Waals surface area contributed by atoms with Gasteiger partial charge < -0.3 is 14.9 Å². The molecule has 0 spiro atoms. The maximum absolute atomic E-state index is 9.50. The standard InChI is InChI=1S/C13H11ClO3/c14-11-7-10(15)6-5-9(11)8-17-13-4-2-1-3-12(13)16/h1-7,15-16H,8H2. The van der Waals surface area contributed by atoms with Gasteiger partial charge in [-0.3, -0.25) is 0 Å². The van der Waals surface area contributed by atoms with Crippen molar-refractivity contribution in [2.24, 2.45) is 0 Å². The minimum absolute atomic E-state index is 0.0856. The summed E-state index contributed by atoms with van der Waals surface area (Å²) >= 11 is 5.93. The van der Waals surface area contributed by atoms with Crippen LogP contribution in [-0.4, -0.2) is 10.2 Å². The van der Waals surface area contributed by atoms with Gasteiger partial charge in [-0.25, -0.2) is 0 Å². The molecule has 0 aromatic heterocycles. The summed E-state index contributed by atoms with van der Waals surface area (Å²) in [4.78, 5) is 0. The molecule has 2 aromatic rings. The number of benzene rings is 2. The van der Waals surface area contributed by atoms with E-state index in [-0.39, 0.29) is 18.1 Å². The molecule has 2 aromatic carbocycles. The molecule has 0 aliphatic rings. The summed E-state index contributed by atoms with van der Waals surface area (Å²) in [6.07, 6.45) is 0. The Balaban J connectivity index is 2.10. The van der Waals surface area contributed by atoms with Crippen LogP contribution >= 0.6 is 11.6 Å². The minimum atomic E-state index is 0.0856. The zero-order valence-electron chi connectivity index (χ0n) is 8.93. The van der Waals surface area contributed by atoms with Crippen LogP contribution in [0.4, 0.5) is 0 Å². The quantitative estimate of drug-likeness (QED) is 0.879. The molecular formula is C13H11ClO3. The van der Waals surface area contributed by atoms with Gasteiger partial charge in [-0.15, -0.1) is 0 Å². The molecule has 17 heavy (non-hydrogen) atoms. The lowest BCUT2D eigenvalue weighted by Crippen LogP contribution is -1.96. The molecule has 2 N–H and O–H groups in total. The first-order valence-electron chi connectivity index (χ1n) is 5.05. The summed E-state index contributed by atoms with van der Waals surface area (Å²) in [5.41, 5.74) is 0.743. The first-order chi connectivity index (χ1) is 8.16. The lowest BCUT2D eigenvalue weighted by atomic mass is 10.2. The van der Waals surface area contributed by atoms with Gasteiger partial charge in [-0.1, -0.05) is 29.8 Å². The highest BCUT2D eigenvalue weighted by Crippen LogP contribution is 2.27. The SMILES string of the molecule is Oc1ccc(COc2ccccc2O)c(Cl)c1. The molecule has 0 aliphatic carbocycles. The normalized spacial score (nSPS) is 10.2. The largest absolute Gasteiger partial charge is 0.508 e. The van der Waals surface area contributed by atoms with Crippen LogP contribution in [0.1, 0.15) is 5.56 Å². The van der Waals surface area contributed by atoms with Crippen molar-refractivity contribution in [2.75, 3.05) is 0 Å². The van der Waals surface area contributed by atoms with Crippen molar-refractivity contribution in [2.45, 2.75) is 6.61 Å². The molecule has 4 heteroatoms. The number of aromatic hydroxyl groups is 2. The Hall–Kier alpha value is -1.87. The molecule has 0 aliphatic heterocycles.